The number of piperazine rings is 1. The van der Waals surface area contributed by atoms with Crippen LogP contribution in [0.5, 0.6) is 0 Å². The van der Waals surface area contributed by atoms with Crippen LogP contribution in [0.3, 0.4) is 0 Å². The molecule has 7 heteroatoms. The van der Waals surface area contributed by atoms with Gasteiger partial charge in [0.25, 0.3) is 5.91 Å². The van der Waals surface area contributed by atoms with E-state index in [0.717, 1.165) is 12.0 Å². The van der Waals surface area contributed by atoms with Crippen molar-refractivity contribution < 1.29 is 18.1 Å². The molecule has 0 unspecified atom stereocenters. The van der Waals surface area contributed by atoms with Crippen LogP contribution in [0.2, 0.25) is 0 Å². The van der Waals surface area contributed by atoms with Crippen LogP contribution < -0.4 is 10.2 Å². The van der Waals surface area contributed by atoms with Crippen molar-refractivity contribution in [1.29, 1.82) is 0 Å². The van der Waals surface area contributed by atoms with Gasteiger partial charge in [-0.2, -0.15) is 4.31 Å². The molecule has 2 N–H and O–H groups in total. The molecule has 0 aromatic heterocycles. The van der Waals surface area contributed by atoms with Gasteiger partial charge in [-0.25, -0.2) is 8.42 Å². The molecule has 0 spiro atoms. The minimum absolute atomic E-state index is 0.0405. The zero-order valence-electron chi connectivity index (χ0n) is 17.1. The van der Waals surface area contributed by atoms with E-state index >= 15 is 0 Å². The summed E-state index contributed by atoms with van der Waals surface area (Å²) in [5, 5.41) is 3.25. The Kier molecular flexibility index (Phi) is 7.12. The van der Waals surface area contributed by atoms with E-state index in [0.29, 0.717) is 32.1 Å². The molecule has 1 saturated carbocycles. The minimum atomic E-state index is -3.32. The van der Waals surface area contributed by atoms with Crippen LogP contribution in [0, 0.1) is 5.92 Å². The van der Waals surface area contributed by atoms with Crippen LogP contribution in [0.1, 0.15) is 45.1 Å². The van der Waals surface area contributed by atoms with Crippen LogP contribution in [0.25, 0.3) is 0 Å². The molecule has 2 aliphatic rings. The van der Waals surface area contributed by atoms with Gasteiger partial charge in [-0.1, -0.05) is 50.1 Å². The number of hydrogen-bond acceptors (Lipinski definition) is 3. The van der Waals surface area contributed by atoms with Gasteiger partial charge in [-0.05, 0) is 31.2 Å². The topological polar surface area (TPSA) is 70.9 Å². The highest BCUT2D eigenvalue weighted by atomic mass is 32.2. The Labute approximate surface area is 169 Å². The number of carbonyl (C=O) groups excluding carboxylic acids is 1. The summed E-state index contributed by atoms with van der Waals surface area (Å²) in [4.78, 5) is 13.9. The predicted octanol–water partition coefficient (Wildman–Crippen LogP) is 0.800. The lowest BCUT2D eigenvalue weighted by molar-refractivity contribution is -0.917. The van der Waals surface area contributed by atoms with E-state index in [9.17, 15) is 13.2 Å². The number of rotatable bonds is 6. The first-order chi connectivity index (χ1) is 13.4. The lowest BCUT2D eigenvalue weighted by Gasteiger charge is -2.35. The zero-order valence-corrected chi connectivity index (χ0v) is 17.9. The molecule has 0 bridgehead atoms. The van der Waals surface area contributed by atoms with Crippen LogP contribution in [0.4, 0.5) is 0 Å². The van der Waals surface area contributed by atoms with Crippen LogP contribution in [0.15, 0.2) is 30.3 Å². The van der Waals surface area contributed by atoms with Gasteiger partial charge in [0.15, 0.2) is 6.04 Å². The molecule has 1 amide bonds. The quantitative estimate of drug-likeness (QED) is 0.732. The fraction of sp³-hybridized carbons (Fsp3) is 0.667. The standard InChI is InChI=1S/C21H33N3O3S/c1-17-8-6-7-11-20(17)22-21(25)18(2)23-12-14-24(15-13-23)28(26,27)16-19-9-4-3-5-10-19/h3-5,9-10,17-18,20H,6-8,11-16H2,1-2H3,(H,22,25)/p+1/t17-,18-,20-/m1/s1. The Morgan fingerprint density at radius 2 is 1.82 bits per heavy atom. The Balaban J connectivity index is 1.50. The van der Waals surface area contributed by atoms with E-state index < -0.39 is 10.0 Å². The summed E-state index contributed by atoms with van der Waals surface area (Å²) < 4.78 is 27.0. The van der Waals surface area contributed by atoms with Gasteiger partial charge in [0.2, 0.25) is 10.0 Å². The van der Waals surface area contributed by atoms with Gasteiger partial charge in [0.05, 0.1) is 31.9 Å². The van der Waals surface area contributed by atoms with Crippen LogP contribution in [-0.2, 0) is 20.6 Å². The maximum absolute atomic E-state index is 12.7. The second-order valence-corrected chi connectivity index (χ2v) is 10.4. The second kappa shape index (κ2) is 9.37. The van der Waals surface area contributed by atoms with Crippen molar-refractivity contribution in [2.75, 3.05) is 26.2 Å². The third-order valence-corrected chi connectivity index (χ3v) is 8.24. The first-order valence-electron chi connectivity index (χ1n) is 10.5. The average Bonchev–Trinajstić information content (AvgIpc) is 2.69. The number of hydrogen-bond donors (Lipinski definition) is 2. The van der Waals surface area contributed by atoms with E-state index in [-0.39, 0.29) is 23.7 Å². The van der Waals surface area contributed by atoms with E-state index in [4.69, 9.17) is 0 Å². The van der Waals surface area contributed by atoms with Crippen molar-refractivity contribution >= 4 is 15.9 Å². The molecule has 1 heterocycles. The van der Waals surface area contributed by atoms with Crippen molar-refractivity contribution in [3.63, 3.8) is 0 Å². The fourth-order valence-electron chi connectivity index (χ4n) is 4.38. The third-order valence-electron chi connectivity index (χ3n) is 6.39. The monoisotopic (exact) mass is 408 g/mol. The predicted molar refractivity (Wildman–Crippen MR) is 110 cm³/mol. The highest BCUT2D eigenvalue weighted by Crippen LogP contribution is 2.23. The van der Waals surface area contributed by atoms with Gasteiger partial charge < -0.3 is 10.2 Å². The molecule has 1 aliphatic heterocycles. The molecule has 28 heavy (non-hydrogen) atoms. The van der Waals surface area contributed by atoms with Crippen molar-refractivity contribution in [3.05, 3.63) is 35.9 Å². The molecule has 3 atom stereocenters. The molecule has 0 radical (unpaired) electrons. The van der Waals surface area contributed by atoms with Crippen LogP contribution >= 0.6 is 0 Å². The Morgan fingerprint density at radius 1 is 1.18 bits per heavy atom. The SMILES string of the molecule is C[C@@H]1CCCC[C@H]1NC(=O)[C@@H](C)[NH+]1CCN(S(=O)(=O)Cc2ccccc2)CC1. The summed E-state index contributed by atoms with van der Waals surface area (Å²) >= 11 is 0. The number of carbonyl (C=O) groups is 1. The molecule has 156 valence electrons. The first-order valence-corrected chi connectivity index (χ1v) is 12.1. The second-order valence-electron chi connectivity index (χ2n) is 8.40. The van der Waals surface area contributed by atoms with Gasteiger partial charge in [0, 0.05) is 6.04 Å². The third kappa shape index (κ3) is 5.33. The van der Waals surface area contributed by atoms with Crippen LogP contribution in [-0.4, -0.2) is 56.9 Å². The molecule has 1 aromatic rings. The molecular weight excluding hydrogens is 374 g/mol. The van der Waals surface area contributed by atoms with E-state index in [1.54, 1.807) is 4.31 Å². The van der Waals surface area contributed by atoms with Gasteiger partial charge >= 0.3 is 0 Å². The molecule has 3 rings (SSSR count). The summed E-state index contributed by atoms with van der Waals surface area (Å²) in [6, 6.07) is 9.44. The summed E-state index contributed by atoms with van der Waals surface area (Å²) in [5.41, 5.74) is 0.812. The number of quaternary nitrogens is 1. The Hall–Kier alpha value is -1.44. The van der Waals surface area contributed by atoms with E-state index in [1.807, 2.05) is 37.3 Å². The zero-order chi connectivity index (χ0) is 20.1. The largest absolute Gasteiger partial charge is 0.348 e. The van der Waals surface area contributed by atoms with E-state index in [2.05, 4.69) is 12.2 Å². The maximum atomic E-state index is 12.7. The molecular formula is C21H34N3O3S+. The van der Waals surface area contributed by atoms with Gasteiger partial charge in [0.1, 0.15) is 0 Å². The number of amides is 1. The lowest BCUT2D eigenvalue weighted by atomic mass is 9.86. The van der Waals surface area contributed by atoms with E-state index in [1.165, 1.54) is 24.2 Å². The summed E-state index contributed by atoms with van der Waals surface area (Å²) in [7, 11) is -3.32. The summed E-state index contributed by atoms with van der Waals surface area (Å²) in [6.07, 6.45) is 4.70. The van der Waals surface area contributed by atoms with Crippen molar-refractivity contribution in [3.8, 4) is 0 Å². The van der Waals surface area contributed by atoms with Crippen molar-refractivity contribution in [2.45, 2.75) is 57.4 Å². The molecule has 2 fully saturated rings. The number of sulfonamides is 1. The van der Waals surface area contributed by atoms with Crippen molar-refractivity contribution in [1.82, 2.24) is 9.62 Å². The average molecular weight is 409 g/mol. The number of nitrogens with one attached hydrogen (secondary N) is 2. The molecule has 1 aromatic carbocycles. The van der Waals surface area contributed by atoms with Gasteiger partial charge in [-0.15, -0.1) is 0 Å². The Morgan fingerprint density at radius 3 is 2.46 bits per heavy atom. The first kappa shape index (κ1) is 21.3. The molecule has 1 aliphatic carbocycles. The summed E-state index contributed by atoms with van der Waals surface area (Å²) in [5.74, 6) is 0.688. The lowest BCUT2D eigenvalue weighted by Crippen LogP contribution is -3.19. The number of benzene rings is 1. The maximum Gasteiger partial charge on any atom is 0.278 e. The normalized spacial score (nSPS) is 25.9. The smallest absolute Gasteiger partial charge is 0.278 e. The number of nitrogens with zero attached hydrogens (tertiary/aromatic N) is 1. The minimum Gasteiger partial charge on any atom is -0.348 e. The summed E-state index contributed by atoms with van der Waals surface area (Å²) in [6.45, 7) is 6.47. The molecule has 6 nitrogen and oxygen atoms in total. The highest BCUT2D eigenvalue weighted by molar-refractivity contribution is 7.88. The Bertz CT molecular complexity index is 745. The van der Waals surface area contributed by atoms with Gasteiger partial charge in [-0.3, -0.25) is 4.79 Å². The fourth-order valence-corrected chi connectivity index (χ4v) is 5.92. The highest BCUT2D eigenvalue weighted by Gasteiger charge is 2.35. The molecule has 1 saturated heterocycles. The van der Waals surface area contributed by atoms with Crippen molar-refractivity contribution in [2.24, 2.45) is 5.92 Å².